The van der Waals surface area contributed by atoms with E-state index in [4.69, 9.17) is 4.98 Å². The summed E-state index contributed by atoms with van der Waals surface area (Å²) >= 11 is 0. The van der Waals surface area contributed by atoms with Gasteiger partial charge in [-0.15, -0.1) is 0 Å². The van der Waals surface area contributed by atoms with E-state index in [-0.39, 0.29) is 0 Å². The van der Waals surface area contributed by atoms with E-state index in [1.54, 1.807) is 0 Å². The van der Waals surface area contributed by atoms with Gasteiger partial charge < -0.3 is 0 Å². The van der Waals surface area contributed by atoms with Gasteiger partial charge in [-0.1, -0.05) is 24.3 Å². The number of nitrogens with zero attached hydrogens (tertiary/aromatic N) is 2. The van der Waals surface area contributed by atoms with Crippen LogP contribution in [-0.2, 0) is 12.8 Å². The Morgan fingerprint density at radius 3 is 2.72 bits per heavy atom. The zero-order valence-corrected chi connectivity index (χ0v) is 9.93. The maximum Gasteiger partial charge on any atom is 0.0928 e. The van der Waals surface area contributed by atoms with E-state index >= 15 is 0 Å². The first-order valence-corrected chi connectivity index (χ1v) is 6.25. The summed E-state index contributed by atoms with van der Waals surface area (Å²) in [5, 5.41) is 1.22. The van der Waals surface area contributed by atoms with Crippen LogP contribution in [0.4, 0.5) is 0 Å². The fourth-order valence-electron chi connectivity index (χ4n) is 2.68. The lowest BCUT2D eigenvalue weighted by atomic mass is 9.92. The van der Waals surface area contributed by atoms with Crippen molar-refractivity contribution in [1.82, 2.24) is 9.97 Å². The number of rotatable bonds is 0. The first-order chi connectivity index (χ1) is 8.92. The van der Waals surface area contributed by atoms with Crippen LogP contribution in [0.15, 0.2) is 48.7 Å². The normalized spacial score (nSPS) is 13.1. The highest BCUT2D eigenvalue weighted by atomic mass is 14.8. The summed E-state index contributed by atoms with van der Waals surface area (Å²) in [7, 11) is 0. The Balaban J connectivity index is 2.06. The highest BCUT2D eigenvalue weighted by Gasteiger charge is 2.18. The van der Waals surface area contributed by atoms with Crippen molar-refractivity contribution in [2.24, 2.45) is 0 Å². The number of para-hydroxylation sites is 1. The van der Waals surface area contributed by atoms with Crippen molar-refractivity contribution in [1.29, 1.82) is 0 Å². The number of fused-ring (bicyclic) bond motifs is 4. The van der Waals surface area contributed by atoms with Crippen molar-refractivity contribution < 1.29 is 0 Å². The Kier molecular flexibility index (Phi) is 1.97. The molecule has 1 aliphatic rings. The van der Waals surface area contributed by atoms with E-state index < -0.39 is 0 Å². The van der Waals surface area contributed by atoms with Gasteiger partial charge in [0.25, 0.3) is 0 Å². The second kappa shape index (κ2) is 3.64. The number of benzene rings is 1. The minimum atomic E-state index is 1.05. The molecule has 0 unspecified atom stereocenters. The SMILES string of the molecule is c1cnc2c(c1)CCc1cc3ccccc3nc1-2. The lowest BCUT2D eigenvalue weighted by Gasteiger charge is -2.18. The van der Waals surface area contributed by atoms with Crippen LogP contribution in [0.5, 0.6) is 0 Å². The van der Waals surface area contributed by atoms with E-state index in [2.05, 4.69) is 35.3 Å². The molecule has 0 N–H and O–H groups in total. The van der Waals surface area contributed by atoms with Crippen molar-refractivity contribution in [3.05, 3.63) is 59.8 Å². The Hall–Kier alpha value is -2.22. The molecular weight excluding hydrogens is 220 g/mol. The number of aryl methyl sites for hydroxylation is 2. The Morgan fingerprint density at radius 2 is 1.72 bits per heavy atom. The Bertz CT molecular complexity index is 747. The molecule has 3 aromatic rings. The highest BCUT2D eigenvalue weighted by Crippen LogP contribution is 2.31. The van der Waals surface area contributed by atoms with E-state index in [9.17, 15) is 0 Å². The van der Waals surface area contributed by atoms with Gasteiger partial charge >= 0.3 is 0 Å². The van der Waals surface area contributed by atoms with E-state index in [0.29, 0.717) is 0 Å². The summed E-state index contributed by atoms with van der Waals surface area (Å²) < 4.78 is 0. The molecule has 0 saturated carbocycles. The van der Waals surface area contributed by atoms with Gasteiger partial charge in [0.05, 0.1) is 16.9 Å². The van der Waals surface area contributed by atoms with Crippen molar-refractivity contribution in [3.63, 3.8) is 0 Å². The van der Waals surface area contributed by atoms with Gasteiger partial charge in [0, 0.05) is 11.6 Å². The van der Waals surface area contributed by atoms with Crippen LogP contribution in [0, 0.1) is 0 Å². The maximum absolute atomic E-state index is 4.79. The predicted octanol–water partition coefficient (Wildman–Crippen LogP) is 3.40. The topological polar surface area (TPSA) is 25.8 Å². The molecule has 2 heteroatoms. The third-order valence-electron chi connectivity index (χ3n) is 3.58. The second-order valence-corrected chi connectivity index (χ2v) is 4.70. The maximum atomic E-state index is 4.79. The first-order valence-electron chi connectivity index (χ1n) is 6.25. The number of aromatic nitrogens is 2. The van der Waals surface area contributed by atoms with Crippen molar-refractivity contribution in [2.75, 3.05) is 0 Å². The third-order valence-corrected chi connectivity index (χ3v) is 3.58. The van der Waals surface area contributed by atoms with Gasteiger partial charge in [0.1, 0.15) is 0 Å². The van der Waals surface area contributed by atoms with Crippen LogP contribution < -0.4 is 0 Å². The summed E-state index contributed by atoms with van der Waals surface area (Å²) in [6, 6.07) is 14.7. The molecule has 4 rings (SSSR count). The summed E-state index contributed by atoms with van der Waals surface area (Å²) in [5.74, 6) is 0. The lowest BCUT2D eigenvalue weighted by molar-refractivity contribution is 0.917. The molecule has 2 heterocycles. The summed E-state index contributed by atoms with van der Waals surface area (Å²) in [6.07, 6.45) is 3.98. The van der Waals surface area contributed by atoms with Crippen LogP contribution in [0.2, 0.25) is 0 Å². The molecule has 0 atom stereocenters. The summed E-state index contributed by atoms with van der Waals surface area (Å²) in [6.45, 7) is 0. The molecular formula is C16H12N2. The van der Waals surface area contributed by atoms with Crippen LogP contribution >= 0.6 is 0 Å². The van der Waals surface area contributed by atoms with Gasteiger partial charge in [0.15, 0.2) is 0 Å². The molecule has 0 fully saturated rings. The number of pyridine rings is 2. The van der Waals surface area contributed by atoms with Crippen LogP contribution in [0.25, 0.3) is 22.3 Å². The predicted molar refractivity (Wildman–Crippen MR) is 72.4 cm³/mol. The molecule has 0 spiro atoms. The fraction of sp³-hybridized carbons (Fsp3) is 0.125. The van der Waals surface area contributed by atoms with Gasteiger partial charge in [-0.25, -0.2) is 4.98 Å². The van der Waals surface area contributed by atoms with E-state index in [0.717, 1.165) is 29.7 Å². The van der Waals surface area contributed by atoms with Crippen molar-refractivity contribution >= 4 is 10.9 Å². The molecule has 2 aromatic heterocycles. The summed E-state index contributed by atoms with van der Waals surface area (Å²) in [4.78, 5) is 9.30. The molecule has 1 aromatic carbocycles. The van der Waals surface area contributed by atoms with Crippen LogP contribution in [0.1, 0.15) is 11.1 Å². The van der Waals surface area contributed by atoms with Crippen LogP contribution in [-0.4, -0.2) is 9.97 Å². The standard InChI is InChI=1S/C16H12N2/c1-2-6-14-12(4-1)10-13-8-7-11-5-3-9-17-15(11)16(13)18-14/h1-6,9-10H,7-8H2. The number of hydrogen-bond donors (Lipinski definition) is 0. The Labute approximate surface area is 105 Å². The minimum absolute atomic E-state index is 1.05. The zero-order valence-electron chi connectivity index (χ0n) is 9.93. The average molecular weight is 232 g/mol. The zero-order chi connectivity index (χ0) is 11.9. The Morgan fingerprint density at radius 1 is 0.833 bits per heavy atom. The van der Waals surface area contributed by atoms with Gasteiger partial charge in [0.2, 0.25) is 0 Å². The molecule has 1 aliphatic carbocycles. The molecule has 86 valence electrons. The molecule has 0 amide bonds. The molecule has 0 bridgehead atoms. The molecule has 0 aliphatic heterocycles. The summed E-state index contributed by atoms with van der Waals surface area (Å²) in [5.41, 5.74) is 5.81. The molecule has 18 heavy (non-hydrogen) atoms. The van der Waals surface area contributed by atoms with Gasteiger partial charge in [-0.2, -0.15) is 0 Å². The van der Waals surface area contributed by atoms with Gasteiger partial charge in [-0.3, -0.25) is 4.98 Å². The smallest absolute Gasteiger partial charge is 0.0928 e. The lowest BCUT2D eigenvalue weighted by Crippen LogP contribution is -2.07. The highest BCUT2D eigenvalue weighted by molar-refractivity contribution is 5.83. The van der Waals surface area contributed by atoms with Gasteiger partial charge in [-0.05, 0) is 42.2 Å². The molecule has 2 nitrogen and oxygen atoms in total. The third kappa shape index (κ3) is 1.35. The first kappa shape index (κ1) is 9.77. The fourth-order valence-corrected chi connectivity index (χ4v) is 2.68. The van der Waals surface area contributed by atoms with Crippen molar-refractivity contribution in [3.8, 4) is 11.4 Å². The number of hydrogen-bond acceptors (Lipinski definition) is 2. The molecule has 0 saturated heterocycles. The minimum Gasteiger partial charge on any atom is -0.254 e. The quantitative estimate of drug-likeness (QED) is 0.593. The average Bonchev–Trinajstić information content (AvgIpc) is 2.45. The second-order valence-electron chi connectivity index (χ2n) is 4.70. The van der Waals surface area contributed by atoms with Crippen LogP contribution in [0.3, 0.4) is 0 Å². The van der Waals surface area contributed by atoms with Crippen molar-refractivity contribution in [2.45, 2.75) is 12.8 Å². The van der Waals surface area contributed by atoms with E-state index in [1.165, 1.54) is 16.5 Å². The monoisotopic (exact) mass is 232 g/mol. The molecule has 0 radical (unpaired) electrons. The van der Waals surface area contributed by atoms with E-state index in [1.807, 2.05) is 18.3 Å². The largest absolute Gasteiger partial charge is 0.254 e.